The normalized spacial score (nSPS) is 12.0. The monoisotopic (exact) mass is 305 g/mol. The minimum atomic E-state index is -0.617. The highest BCUT2D eigenvalue weighted by molar-refractivity contribution is 5.90. The van der Waals surface area contributed by atoms with Crippen LogP contribution in [0.1, 0.15) is 37.3 Å². The molecule has 0 aliphatic rings. The number of pyridine rings is 1. The average Bonchev–Trinajstić information content (AvgIpc) is 2.92. The first-order valence-corrected chi connectivity index (χ1v) is 6.83. The van der Waals surface area contributed by atoms with E-state index < -0.39 is 17.8 Å². The zero-order valence-corrected chi connectivity index (χ0v) is 12.5. The van der Waals surface area contributed by atoms with E-state index in [0.29, 0.717) is 11.4 Å². The van der Waals surface area contributed by atoms with Crippen molar-refractivity contribution in [3.8, 4) is 11.4 Å². The zero-order chi connectivity index (χ0) is 16.3. The molecule has 0 saturated carbocycles. The highest BCUT2D eigenvalue weighted by atomic mass is 19.1. The van der Waals surface area contributed by atoms with E-state index in [0.717, 1.165) is 6.20 Å². The van der Waals surface area contributed by atoms with Crippen molar-refractivity contribution in [1.29, 1.82) is 0 Å². The highest BCUT2D eigenvalue weighted by Gasteiger charge is 2.23. The molecule has 116 valence electrons. The minimum absolute atomic E-state index is 0.146. The van der Waals surface area contributed by atoms with Gasteiger partial charge in [-0.1, -0.05) is 0 Å². The van der Waals surface area contributed by atoms with Crippen LogP contribution in [0.2, 0.25) is 0 Å². The molecule has 0 aliphatic carbocycles. The van der Waals surface area contributed by atoms with Crippen molar-refractivity contribution in [2.45, 2.75) is 26.8 Å². The molecule has 0 bridgehead atoms. The van der Waals surface area contributed by atoms with Gasteiger partial charge in [-0.05, 0) is 32.9 Å². The predicted octanol–water partition coefficient (Wildman–Crippen LogP) is 2.41. The molecule has 7 heteroatoms. The Labute approximate surface area is 126 Å². The second-order valence-electron chi connectivity index (χ2n) is 4.73. The van der Waals surface area contributed by atoms with Gasteiger partial charge in [0.1, 0.15) is 23.2 Å². The first-order chi connectivity index (χ1) is 10.4. The van der Waals surface area contributed by atoms with Gasteiger partial charge in [0.15, 0.2) is 5.78 Å². The summed E-state index contributed by atoms with van der Waals surface area (Å²) in [5.74, 6) is -1.19. The summed E-state index contributed by atoms with van der Waals surface area (Å²) in [5.41, 5.74) is 0.934. The molecular formula is C15H16FN3O3. The van der Waals surface area contributed by atoms with Crippen molar-refractivity contribution >= 4 is 11.8 Å². The van der Waals surface area contributed by atoms with E-state index >= 15 is 0 Å². The maximum Gasteiger partial charge on any atom is 0.356 e. The van der Waals surface area contributed by atoms with E-state index in [2.05, 4.69) is 10.1 Å². The van der Waals surface area contributed by atoms with E-state index in [1.54, 1.807) is 13.8 Å². The van der Waals surface area contributed by atoms with Gasteiger partial charge >= 0.3 is 5.97 Å². The molecule has 0 N–H and O–H groups in total. The third kappa shape index (κ3) is 3.19. The fraction of sp³-hybridized carbons (Fsp3) is 0.333. The van der Waals surface area contributed by atoms with E-state index in [9.17, 15) is 14.0 Å². The molecule has 1 atom stereocenters. The average molecular weight is 305 g/mol. The molecule has 22 heavy (non-hydrogen) atoms. The quantitative estimate of drug-likeness (QED) is 0.793. The first-order valence-electron chi connectivity index (χ1n) is 6.83. The van der Waals surface area contributed by atoms with Crippen LogP contribution in [0.15, 0.2) is 24.4 Å². The highest BCUT2D eigenvalue weighted by Crippen LogP contribution is 2.21. The predicted molar refractivity (Wildman–Crippen MR) is 76.8 cm³/mol. The van der Waals surface area contributed by atoms with Gasteiger partial charge in [0.2, 0.25) is 0 Å². The van der Waals surface area contributed by atoms with Gasteiger partial charge in [-0.15, -0.1) is 0 Å². The number of aromatic nitrogens is 3. The second-order valence-corrected chi connectivity index (χ2v) is 4.73. The minimum Gasteiger partial charge on any atom is -0.461 e. The summed E-state index contributed by atoms with van der Waals surface area (Å²) in [6.45, 7) is 4.95. The number of hydrogen-bond acceptors (Lipinski definition) is 5. The molecule has 2 aromatic heterocycles. The molecule has 0 aromatic carbocycles. The van der Waals surface area contributed by atoms with Crippen LogP contribution in [-0.2, 0) is 9.53 Å². The van der Waals surface area contributed by atoms with Gasteiger partial charge in [0.05, 0.1) is 18.5 Å². The lowest BCUT2D eigenvalue weighted by Crippen LogP contribution is -2.20. The van der Waals surface area contributed by atoms with E-state index in [1.807, 2.05) is 0 Å². The number of hydrogen-bond donors (Lipinski definition) is 0. The number of carbonyl (C=O) groups excluding carboxylic acids is 2. The van der Waals surface area contributed by atoms with Gasteiger partial charge < -0.3 is 4.74 Å². The van der Waals surface area contributed by atoms with Gasteiger partial charge in [0.25, 0.3) is 0 Å². The Morgan fingerprint density at radius 2 is 2.09 bits per heavy atom. The number of halogens is 1. The topological polar surface area (TPSA) is 74.1 Å². The van der Waals surface area contributed by atoms with Crippen molar-refractivity contribution in [1.82, 2.24) is 14.8 Å². The SMILES string of the molecule is CCOC(=O)c1cc(-c2ccc(F)cn2)nn1C(C)C(C)=O. The summed E-state index contributed by atoms with van der Waals surface area (Å²) in [7, 11) is 0. The molecule has 0 spiro atoms. The van der Waals surface area contributed by atoms with Crippen LogP contribution in [0.25, 0.3) is 11.4 Å². The van der Waals surface area contributed by atoms with Gasteiger partial charge in [-0.25, -0.2) is 13.9 Å². The maximum atomic E-state index is 12.9. The standard InChI is InChI=1S/C15H16FN3O3/c1-4-22-15(21)14-7-13(12-6-5-11(16)8-17-12)18-19(14)9(2)10(3)20/h5-9H,4H2,1-3H3. The van der Waals surface area contributed by atoms with Crippen molar-refractivity contribution < 1.29 is 18.7 Å². The van der Waals surface area contributed by atoms with Crippen molar-refractivity contribution in [3.63, 3.8) is 0 Å². The Balaban J connectivity index is 2.49. The summed E-state index contributed by atoms with van der Waals surface area (Å²) >= 11 is 0. The lowest BCUT2D eigenvalue weighted by molar-refractivity contribution is -0.119. The van der Waals surface area contributed by atoms with Crippen LogP contribution in [0.5, 0.6) is 0 Å². The van der Waals surface area contributed by atoms with Crippen molar-refractivity contribution in [3.05, 3.63) is 35.9 Å². The van der Waals surface area contributed by atoms with Gasteiger partial charge in [-0.2, -0.15) is 5.10 Å². The summed E-state index contributed by atoms with van der Waals surface area (Å²) in [5, 5.41) is 4.24. The lowest BCUT2D eigenvalue weighted by Gasteiger charge is -2.11. The molecule has 2 rings (SSSR count). The van der Waals surface area contributed by atoms with E-state index in [1.165, 1.54) is 29.8 Å². The number of carbonyl (C=O) groups is 2. The van der Waals surface area contributed by atoms with Crippen LogP contribution in [0, 0.1) is 5.82 Å². The van der Waals surface area contributed by atoms with Crippen LogP contribution in [0.4, 0.5) is 4.39 Å². The Kier molecular flexibility index (Phi) is 4.65. The molecule has 2 aromatic rings. The molecule has 0 saturated heterocycles. The van der Waals surface area contributed by atoms with Crippen molar-refractivity contribution in [2.75, 3.05) is 6.61 Å². The third-order valence-electron chi connectivity index (χ3n) is 3.17. The molecule has 0 fully saturated rings. The van der Waals surface area contributed by atoms with E-state index in [-0.39, 0.29) is 18.1 Å². The summed E-state index contributed by atoms with van der Waals surface area (Å²) in [4.78, 5) is 27.5. The Hall–Kier alpha value is -2.57. The smallest absolute Gasteiger partial charge is 0.356 e. The van der Waals surface area contributed by atoms with Crippen LogP contribution in [-0.4, -0.2) is 33.1 Å². The number of ether oxygens (including phenoxy) is 1. The zero-order valence-electron chi connectivity index (χ0n) is 12.5. The maximum absolute atomic E-state index is 12.9. The Morgan fingerprint density at radius 3 is 2.64 bits per heavy atom. The van der Waals surface area contributed by atoms with Gasteiger partial charge in [0, 0.05) is 6.07 Å². The number of esters is 1. The molecule has 0 amide bonds. The lowest BCUT2D eigenvalue weighted by atomic mass is 10.2. The van der Waals surface area contributed by atoms with Crippen LogP contribution >= 0.6 is 0 Å². The molecule has 1 unspecified atom stereocenters. The van der Waals surface area contributed by atoms with Crippen molar-refractivity contribution in [2.24, 2.45) is 0 Å². The first kappa shape index (κ1) is 15.8. The number of ketones is 1. The van der Waals surface area contributed by atoms with E-state index in [4.69, 9.17) is 4.74 Å². The second kappa shape index (κ2) is 6.46. The molecule has 2 heterocycles. The molecule has 6 nitrogen and oxygen atoms in total. The summed E-state index contributed by atoms with van der Waals surface area (Å²) in [6.07, 6.45) is 1.06. The number of Topliss-reactive ketones (excluding diaryl/α,β-unsaturated/α-hetero) is 1. The molecular weight excluding hydrogens is 289 g/mol. The molecule has 0 radical (unpaired) electrons. The fourth-order valence-corrected chi connectivity index (χ4v) is 1.87. The van der Waals surface area contributed by atoms with Crippen LogP contribution in [0.3, 0.4) is 0 Å². The van der Waals surface area contributed by atoms with Crippen LogP contribution < -0.4 is 0 Å². The van der Waals surface area contributed by atoms with Gasteiger partial charge in [-0.3, -0.25) is 9.78 Å². The number of rotatable bonds is 5. The Morgan fingerprint density at radius 1 is 1.36 bits per heavy atom. The largest absolute Gasteiger partial charge is 0.461 e. The number of nitrogens with zero attached hydrogens (tertiary/aromatic N) is 3. The summed E-state index contributed by atoms with van der Waals surface area (Å²) in [6, 6.07) is 3.57. The Bertz CT molecular complexity index is 695. The summed E-state index contributed by atoms with van der Waals surface area (Å²) < 4.78 is 19.2. The molecule has 0 aliphatic heterocycles. The fourth-order valence-electron chi connectivity index (χ4n) is 1.87. The third-order valence-corrected chi connectivity index (χ3v) is 3.17.